The predicted molar refractivity (Wildman–Crippen MR) is 65.0 cm³/mol. The number of pyridine rings is 1. The number of esters is 1. The van der Waals surface area contributed by atoms with Crippen LogP contribution in [0.2, 0.25) is 0 Å². The molecular formula is C11H11N3O2S. The predicted octanol–water partition coefficient (Wildman–Crippen LogP) is 1.94. The Hall–Kier alpha value is -1.95. The highest BCUT2D eigenvalue weighted by atomic mass is 32.1. The Balaban J connectivity index is 2.12. The molecule has 1 N–H and O–H groups in total. The lowest BCUT2D eigenvalue weighted by atomic mass is 10.2. The Morgan fingerprint density at radius 2 is 2.41 bits per heavy atom. The van der Waals surface area contributed by atoms with Crippen LogP contribution in [0.3, 0.4) is 0 Å². The highest BCUT2D eigenvalue weighted by molar-refractivity contribution is 7.07. The zero-order chi connectivity index (χ0) is 12.1. The molecule has 0 fully saturated rings. The van der Waals surface area contributed by atoms with Gasteiger partial charge in [-0.05, 0) is 12.1 Å². The SMILES string of the molecule is COC(=O)c1cccnc1NCc1cscn1. The molecule has 0 spiro atoms. The van der Waals surface area contributed by atoms with Gasteiger partial charge in [-0.1, -0.05) is 0 Å². The van der Waals surface area contributed by atoms with E-state index >= 15 is 0 Å². The van der Waals surface area contributed by atoms with Gasteiger partial charge >= 0.3 is 5.97 Å². The molecule has 2 aromatic heterocycles. The van der Waals surface area contributed by atoms with Gasteiger partial charge in [-0.25, -0.2) is 14.8 Å². The first-order chi connectivity index (χ1) is 8.31. The van der Waals surface area contributed by atoms with Crippen LogP contribution in [-0.2, 0) is 11.3 Å². The maximum Gasteiger partial charge on any atom is 0.341 e. The van der Waals surface area contributed by atoms with Crippen LogP contribution in [0.1, 0.15) is 16.1 Å². The first-order valence-corrected chi connectivity index (χ1v) is 5.90. The molecule has 6 heteroatoms. The Labute approximate surface area is 102 Å². The monoisotopic (exact) mass is 249 g/mol. The highest BCUT2D eigenvalue weighted by Crippen LogP contribution is 2.13. The van der Waals surface area contributed by atoms with E-state index in [2.05, 4.69) is 20.0 Å². The van der Waals surface area contributed by atoms with Gasteiger partial charge in [0.15, 0.2) is 0 Å². The van der Waals surface area contributed by atoms with Crippen LogP contribution in [0.4, 0.5) is 5.82 Å². The molecule has 0 unspecified atom stereocenters. The van der Waals surface area contributed by atoms with Crippen LogP contribution >= 0.6 is 11.3 Å². The molecule has 17 heavy (non-hydrogen) atoms. The molecule has 0 aromatic carbocycles. The second-order valence-electron chi connectivity index (χ2n) is 3.22. The molecule has 2 aromatic rings. The minimum absolute atomic E-state index is 0.404. The molecule has 0 saturated heterocycles. The Kier molecular flexibility index (Phi) is 3.66. The molecule has 0 atom stereocenters. The van der Waals surface area contributed by atoms with Gasteiger partial charge in [0.1, 0.15) is 11.4 Å². The van der Waals surface area contributed by atoms with Crippen molar-refractivity contribution in [1.82, 2.24) is 9.97 Å². The zero-order valence-electron chi connectivity index (χ0n) is 9.21. The number of nitrogens with one attached hydrogen (secondary N) is 1. The second kappa shape index (κ2) is 5.40. The van der Waals surface area contributed by atoms with Crippen molar-refractivity contribution in [2.24, 2.45) is 0 Å². The number of aromatic nitrogens is 2. The number of methoxy groups -OCH3 is 1. The fraction of sp³-hybridized carbons (Fsp3) is 0.182. The van der Waals surface area contributed by atoms with Crippen molar-refractivity contribution in [3.63, 3.8) is 0 Å². The van der Waals surface area contributed by atoms with Gasteiger partial charge in [0, 0.05) is 11.6 Å². The van der Waals surface area contributed by atoms with Crippen LogP contribution in [0, 0.1) is 0 Å². The van der Waals surface area contributed by atoms with Crippen molar-refractivity contribution < 1.29 is 9.53 Å². The quantitative estimate of drug-likeness (QED) is 0.839. The lowest BCUT2D eigenvalue weighted by Crippen LogP contribution is -2.09. The molecule has 2 heterocycles. The number of thiazole rings is 1. The molecule has 5 nitrogen and oxygen atoms in total. The van der Waals surface area contributed by atoms with E-state index in [0.717, 1.165) is 5.69 Å². The van der Waals surface area contributed by atoms with Crippen molar-refractivity contribution in [3.8, 4) is 0 Å². The summed E-state index contributed by atoms with van der Waals surface area (Å²) in [6, 6.07) is 3.36. The fourth-order valence-electron chi connectivity index (χ4n) is 1.32. The smallest absolute Gasteiger partial charge is 0.341 e. The minimum Gasteiger partial charge on any atom is -0.465 e. The first-order valence-electron chi connectivity index (χ1n) is 4.95. The lowest BCUT2D eigenvalue weighted by molar-refractivity contribution is 0.0601. The van der Waals surface area contributed by atoms with E-state index in [0.29, 0.717) is 17.9 Å². The number of carbonyl (C=O) groups is 1. The zero-order valence-corrected chi connectivity index (χ0v) is 10.0. The summed E-state index contributed by atoms with van der Waals surface area (Å²) in [5.74, 6) is 0.103. The summed E-state index contributed by atoms with van der Waals surface area (Å²) in [7, 11) is 1.35. The van der Waals surface area contributed by atoms with E-state index < -0.39 is 5.97 Å². The number of hydrogen-bond donors (Lipinski definition) is 1. The third-order valence-electron chi connectivity index (χ3n) is 2.13. The molecule has 0 bridgehead atoms. The molecule has 0 aliphatic rings. The van der Waals surface area contributed by atoms with Crippen molar-refractivity contribution >= 4 is 23.1 Å². The number of rotatable bonds is 4. The van der Waals surface area contributed by atoms with Crippen molar-refractivity contribution in [2.45, 2.75) is 6.54 Å². The molecule has 0 aliphatic heterocycles. The van der Waals surface area contributed by atoms with Gasteiger partial charge in [-0.2, -0.15) is 0 Å². The van der Waals surface area contributed by atoms with E-state index in [9.17, 15) is 4.79 Å². The normalized spacial score (nSPS) is 9.94. The van der Waals surface area contributed by atoms with Crippen LogP contribution in [0.25, 0.3) is 0 Å². The maximum absolute atomic E-state index is 11.5. The summed E-state index contributed by atoms with van der Waals surface area (Å²) in [5, 5.41) is 5.00. The average molecular weight is 249 g/mol. The van der Waals surface area contributed by atoms with E-state index in [1.54, 1.807) is 23.8 Å². The van der Waals surface area contributed by atoms with Crippen molar-refractivity contribution in [2.75, 3.05) is 12.4 Å². The van der Waals surface area contributed by atoms with Gasteiger partial charge in [0.2, 0.25) is 0 Å². The number of anilines is 1. The Bertz CT molecular complexity index is 499. The van der Waals surface area contributed by atoms with Crippen LogP contribution in [0.5, 0.6) is 0 Å². The van der Waals surface area contributed by atoms with E-state index in [-0.39, 0.29) is 0 Å². The summed E-state index contributed by atoms with van der Waals surface area (Å²) in [5.41, 5.74) is 3.10. The summed E-state index contributed by atoms with van der Waals surface area (Å²) in [6.07, 6.45) is 1.62. The maximum atomic E-state index is 11.5. The molecule has 88 valence electrons. The third kappa shape index (κ3) is 2.79. The fourth-order valence-corrected chi connectivity index (χ4v) is 1.88. The summed E-state index contributed by atoms with van der Waals surface area (Å²) in [6.45, 7) is 0.532. The largest absolute Gasteiger partial charge is 0.465 e. The van der Waals surface area contributed by atoms with Crippen LogP contribution in [-0.4, -0.2) is 23.0 Å². The van der Waals surface area contributed by atoms with Crippen molar-refractivity contribution in [1.29, 1.82) is 0 Å². The first kappa shape index (κ1) is 11.5. The number of hydrogen-bond acceptors (Lipinski definition) is 6. The highest BCUT2D eigenvalue weighted by Gasteiger charge is 2.11. The van der Waals surface area contributed by atoms with E-state index in [1.165, 1.54) is 18.4 Å². The molecule has 0 amide bonds. The third-order valence-corrected chi connectivity index (χ3v) is 2.77. The molecule has 2 rings (SSSR count). The van der Waals surface area contributed by atoms with Crippen molar-refractivity contribution in [3.05, 3.63) is 40.5 Å². The summed E-state index contributed by atoms with van der Waals surface area (Å²) >= 11 is 1.53. The van der Waals surface area contributed by atoms with Gasteiger partial charge in [0.25, 0.3) is 0 Å². The number of ether oxygens (including phenoxy) is 1. The number of nitrogens with zero attached hydrogens (tertiary/aromatic N) is 2. The summed E-state index contributed by atoms with van der Waals surface area (Å²) in [4.78, 5) is 19.7. The molecule has 0 aliphatic carbocycles. The van der Waals surface area contributed by atoms with Gasteiger partial charge < -0.3 is 10.1 Å². The standard InChI is InChI=1S/C11H11N3O2S/c1-16-11(15)9-3-2-4-12-10(9)13-5-8-6-17-7-14-8/h2-4,6-7H,5H2,1H3,(H,12,13). The molecular weight excluding hydrogens is 238 g/mol. The number of carbonyl (C=O) groups excluding carboxylic acids is 1. The molecule has 0 radical (unpaired) electrons. The van der Waals surface area contributed by atoms with Crippen LogP contribution in [0.15, 0.2) is 29.2 Å². The second-order valence-corrected chi connectivity index (χ2v) is 3.94. The lowest BCUT2D eigenvalue weighted by Gasteiger charge is -2.07. The van der Waals surface area contributed by atoms with Crippen LogP contribution < -0.4 is 5.32 Å². The van der Waals surface area contributed by atoms with Gasteiger partial charge in [-0.3, -0.25) is 0 Å². The minimum atomic E-state index is -0.404. The molecule has 0 saturated carbocycles. The van der Waals surface area contributed by atoms with Gasteiger partial charge in [0.05, 0.1) is 24.9 Å². The average Bonchev–Trinajstić information content (AvgIpc) is 2.89. The van der Waals surface area contributed by atoms with E-state index in [4.69, 9.17) is 0 Å². The topological polar surface area (TPSA) is 64.1 Å². The van der Waals surface area contributed by atoms with E-state index in [1.807, 2.05) is 5.38 Å². The summed E-state index contributed by atoms with van der Waals surface area (Å²) < 4.78 is 4.68. The Morgan fingerprint density at radius 3 is 3.12 bits per heavy atom. The van der Waals surface area contributed by atoms with Gasteiger partial charge in [-0.15, -0.1) is 11.3 Å². The Morgan fingerprint density at radius 1 is 1.53 bits per heavy atom.